The van der Waals surface area contributed by atoms with Crippen molar-refractivity contribution < 1.29 is 0 Å². The molecule has 13 heavy (non-hydrogen) atoms. The standard InChI is InChI=1S/C12H18S/c1-4-5-10-6-8-11(9-7-10)12(2,3)13/h6-9,13H,4-5H2,1-3H3/p+1. The second-order valence-electron chi connectivity index (χ2n) is 4.07. The summed E-state index contributed by atoms with van der Waals surface area (Å²) in [4.78, 5) is 0. The van der Waals surface area contributed by atoms with E-state index in [1.807, 2.05) is 0 Å². The number of hydrogen-bond acceptors (Lipinski definition) is 0. The SMILES string of the molecule is CCCc1ccc(C(C)(C)[SH2+])cc1. The first-order valence-corrected chi connectivity index (χ1v) is 5.38. The molecule has 0 saturated heterocycles. The van der Waals surface area contributed by atoms with Crippen molar-refractivity contribution in [3.8, 4) is 0 Å². The smallest absolute Gasteiger partial charge is 0.0651 e. The molecule has 0 nitrogen and oxygen atoms in total. The first-order chi connectivity index (χ1) is 6.04. The largest absolute Gasteiger partial charge is 0.143 e. The number of benzene rings is 1. The third kappa shape index (κ3) is 3.07. The van der Waals surface area contributed by atoms with Gasteiger partial charge in [-0.2, -0.15) is 0 Å². The van der Waals surface area contributed by atoms with Gasteiger partial charge in [-0.25, -0.2) is 0 Å². The zero-order chi connectivity index (χ0) is 9.90. The molecule has 0 bridgehead atoms. The van der Waals surface area contributed by atoms with E-state index in [-0.39, 0.29) is 4.75 Å². The molecule has 0 fully saturated rings. The highest BCUT2D eigenvalue weighted by atomic mass is 32.1. The highest BCUT2D eigenvalue weighted by Crippen LogP contribution is 2.21. The van der Waals surface area contributed by atoms with E-state index in [0.717, 1.165) is 0 Å². The fourth-order valence-electron chi connectivity index (χ4n) is 1.38. The fraction of sp³-hybridized carbons (Fsp3) is 0.500. The molecule has 1 aromatic carbocycles. The second kappa shape index (κ2) is 4.19. The van der Waals surface area contributed by atoms with Crippen molar-refractivity contribution in [2.45, 2.75) is 38.4 Å². The minimum absolute atomic E-state index is 0.0880. The van der Waals surface area contributed by atoms with Gasteiger partial charge in [-0.05, 0) is 38.5 Å². The minimum atomic E-state index is 0.0880. The average Bonchev–Trinajstić information content (AvgIpc) is 2.04. The highest BCUT2D eigenvalue weighted by molar-refractivity contribution is 7.59. The number of hydrogen-bond donors (Lipinski definition) is 0. The summed E-state index contributed by atoms with van der Waals surface area (Å²) in [6.07, 6.45) is 2.40. The van der Waals surface area contributed by atoms with Crippen molar-refractivity contribution in [1.29, 1.82) is 0 Å². The molecule has 1 rings (SSSR count). The van der Waals surface area contributed by atoms with Gasteiger partial charge in [-0.3, -0.25) is 0 Å². The van der Waals surface area contributed by atoms with Gasteiger partial charge in [0, 0.05) is 5.56 Å². The Morgan fingerprint density at radius 3 is 2.08 bits per heavy atom. The molecule has 0 aliphatic rings. The summed E-state index contributed by atoms with van der Waals surface area (Å²) < 4.78 is 0.0880. The van der Waals surface area contributed by atoms with Crippen LogP contribution < -0.4 is 0 Å². The summed E-state index contributed by atoms with van der Waals surface area (Å²) in [5.74, 6) is 0. The first kappa shape index (κ1) is 10.6. The lowest BCUT2D eigenvalue weighted by molar-refractivity contribution is 0.787. The molecule has 0 saturated carbocycles. The van der Waals surface area contributed by atoms with Crippen LogP contribution in [-0.4, -0.2) is 0 Å². The minimum Gasteiger partial charge on any atom is -0.0651 e. The zero-order valence-corrected chi connectivity index (χ0v) is 9.72. The topological polar surface area (TPSA) is 0 Å². The van der Waals surface area contributed by atoms with E-state index < -0.39 is 0 Å². The normalized spacial score (nSPS) is 11.7. The molecule has 0 amide bonds. The van der Waals surface area contributed by atoms with Gasteiger partial charge in [0.2, 0.25) is 0 Å². The van der Waals surface area contributed by atoms with Crippen LogP contribution >= 0.6 is 0 Å². The van der Waals surface area contributed by atoms with Crippen LogP contribution in [0, 0.1) is 0 Å². The van der Waals surface area contributed by atoms with Gasteiger partial charge < -0.3 is 0 Å². The van der Waals surface area contributed by atoms with Gasteiger partial charge in [0.1, 0.15) is 4.75 Å². The summed E-state index contributed by atoms with van der Waals surface area (Å²) in [6.45, 7) is 6.54. The van der Waals surface area contributed by atoms with Crippen molar-refractivity contribution in [1.82, 2.24) is 0 Å². The van der Waals surface area contributed by atoms with Crippen LogP contribution in [0.5, 0.6) is 0 Å². The van der Waals surface area contributed by atoms with Crippen molar-refractivity contribution in [2.75, 3.05) is 0 Å². The predicted molar refractivity (Wildman–Crippen MR) is 63.6 cm³/mol. The lowest BCUT2D eigenvalue weighted by Crippen LogP contribution is -2.11. The summed E-state index contributed by atoms with van der Waals surface area (Å²) in [5, 5.41) is 0. The molecular weight excluding hydrogens is 176 g/mol. The average molecular weight is 195 g/mol. The Labute approximate surface area is 86.8 Å². The summed E-state index contributed by atoms with van der Waals surface area (Å²) in [7, 11) is 0. The van der Waals surface area contributed by atoms with E-state index >= 15 is 0 Å². The van der Waals surface area contributed by atoms with Gasteiger partial charge in [0.25, 0.3) is 0 Å². The fourth-order valence-corrected chi connectivity index (χ4v) is 1.54. The lowest BCUT2D eigenvalue weighted by atomic mass is 9.99. The molecule has 0 N–H and O–H groups in total. The van der Waals surface area contributed by atoms with Crippen LogP contribution in [0.25, 0.3) is 0 Å². The molecule has 0 radical (unpaired) electrons. The molecule has 0 aliphatic heterocycles. The Kier molecular flexibility index (Phi) is 3.43. The van der Waals surface area contributed by atoms with E-state index in [0.29, 0.717) is 0 Å². The van der Waals surface area contributed by atoms with E-state index in [4.69, 9.17) is 0 Å². The molecule has 0 aromatic heterocycles. The molecular formula is C12H19S+. The third-order valence-electron chi connectivity index (χ3n) is 2.21. The zero-order valence-electron chi connectivity index (χ0n) is 8.72. The van der Waals surface area contributed by atoms with Gasteiger partial charge >= 0.3 is 0 Å². The van der Waals surface area contributed by atoms with Crippen LogP contribution in [-0.2, 0) is 23.8 Å². The van der Waals surface area contributed by atoms with Crippen LogP contribution in [0.15, 0.2) is 24.3 Å². The summed E-state index contributed by atoms with van der Waals surface area (Å²) >= 11 is 3.70. The third-order valence-corrected chi connectivity index (χ3v) is 2.50. The summed E-state index contributed by atoms with van der Waals surface area (Å²) in [6, 6.07) is 8.86. The van der Waals surface area contributed by atoms with Crippen LogP contribution in [0.3, 0.4) is 0 Å². The first-order valence-electron chi connectivity index (χ1n) is 4.88. The molecule has 0 heterocycles. The van der Waals surface area contributed by atoms with Gasteiger partial charge in [-0.15, -0.1) is 0 Å². The van der Waals surface area contributed by atoms with Gasteiger partial charge in [0.05, 0.1) is 0 Å². The van der Waals surface area contributed by atoms with Crippen molar-refractivity contribution >= 4 is 12.6 Å². The van der Waals surface area contributed by atoms with E-state index in [2.05, 4.69) is 57.7 Å². The molecule has 0 unspecified atom stereocenters. The van der Waals surface area contributed by atoms with Gasteiger partial charge in [-0.1, -0.05) is 37.6 Å². The molecule has 1 aromatic rings. The van der Waals surface area contributed by atoms with Crippen LogP contribution in [0.1, 0.15) is 38.3 Å². The van der Waals surface area contributed by atoms with E-state index in [1.54, 1.807) is 0 Å². The summed E-state index contributed by atoms with van der Waals surface area (Å²) in [5.41, 5.74) is 2.77. The second-order valence-corrected chi connectivity index (χ2v) is 5.32. The maximum atomic E-state index is 3.70. The van der Waals surface area contributed by atoms with Crippen LogP contribution in [0.4, 0.5) is 0 Å². The quantitative estimate of drug-likeness (QED) is 0.651. The Balaban J connectivity index is 2.81. The van der Waals surface area contributed by atoms with E-state index in [1.165, 1.54) is 24.0 Å². The van der Waals surface area contributed by atoms with Crippen molar-refractivity contribution in [3.05, 3.63) is 35.4 Å². The molecule has 0 spiro atoms. The van der Waals surface area contributed by atoms with Crippen molar-refractivity contribution in [3.63, 3.8) is 0 Å². The highest BCUT2D eigenvalue weighted by Gasteiger charge is 2.20. The molecule has 0 aliphatic carbocycles. The Bertz CT molecular complexity index is 253. The van der Waals surface area contributed by atoms with Crippen molar-refractivity contribution in [2.24, 2.45) is 0 Å². The maximum Gasteiger partial charge on any atom is 0.143 e. The predicted octanol–water partition coefficient (Wildman–Crippen LogP) is 2.89. The monoisotopic (exact) mass is 195 g/mol. The Morgan fingerprint density at radius 2 is 1.69 bits per heavy atom. The Morgan fingerprint density at radius 1 is 1.15 bits per heavy atom. The molecule has 1 heteroatoms. The number of rotatable bonds is 3. The maximum absolute atomic E-state index is 3.70. The molecule has 0 atom stereocenters. The molecule has 72 valence electrons. The Hall–Kier alpha value is -0.430. The van der Waals surface area contributed by atoms with E-state index in [9.17, 15) is 0 Å². The lowest BCUT2D eigenvalue weighted by Gasteiger charge is -2.12. The van der Waals surface area contributed by atoms with Crippen LogP contribution in [0.2, 0.25) is 0 Å². The van der Waals surface area contributed by atoms with Gasteiger partial charge in [0.15, 0.2) is 0 Å². The number of aryl methyl sites for hydroxylation is 1.